The third kappa shape index (κ3) is 6.10. The number of para-hydroxylation sites is 1. The Morgan fingerprint density at radius 1 is 1.20 bits per heavy atom. The van der Waals surface area contributed by atoms with Gasteiger partial charge in [-0.05, 0) is 31.2 Å². The largest absolute Gasteiger partial charge is 0.479 e. The van der Waals surface area contributed by atoms with Crippen molar-refractivity contribution in [3.63, 3.8) is 0 Å². The summed E-state index contributed by atoms with van der Waals surface area (Å²) in [7, 11) is 0. The van der Waals surface area contributed by atoms with E-state index in [1.807, 2.05) is 0 Å². The van der Waals surface area contributed by atoms with E-state index in [9.17, 15) is 9.18 Å². The smallest absolute Gasteiger partial charge is 0.260 e. The summed E-state index contributed by atoms with van der Waals surface area (Å²) < 4.78 is 19.2. The molecule has 7 heteroatoms. The van der Waals surface area contributed by atoms with Crippen molar-refractivity contribution in [1.29, 1.82) is 0 Å². The lowest BCUT2D eigenvalue weighted by molar-refractivity contribution is -0.127. The number of benzene rings is 2. The topological polar surface area (TPSA) is 38.3 Å². The van der Waals surface area contributed by atoms with Gasteiger partial charge in [0, 0.05) is 28.6 Å². The maximum atomic E-state index is 13.6. The summed E-state index contributed by atoms with van der Waals surface area (Å²) in [6.07, 6.45) is -0.661. The zero-order valence-corrected chi connectivity index (χ0v) is 15.9. The van der Waals surface area contributed by atoms with E-state index in [1.54, 1.807) is 43.3 Å². The molecule has 0 aliphatic rings. The molecule has 0 saturated carbocycles. The molecule has 0 fully saturated rings. The molecule has 0 aliphatic heterocycles. The number of nitrogens with one attached hydrogen (secondary N) is 1. The second-order valence-corrected chi connectivity index (χ2v) is 7.15. The van der Waals surface area contributed by atoms with Crippen LogP contribution in [0.4, 0.5) is 4.39 Å². The molecule has 0 spiro atoms. The van der Waals surface area contributed by atoms with Crippen LogP contribution in [0.3, 0.4) is 0 Å². The monoisotopic (exact) mass is 401 g/mol. The number of carbonyl (C=O) groups is 1. The zero-order chi connectivity index (χ0) is 18.2. The van der Waals surface area contributed by atoms with Gasteiger partial charge in [0.05, 0.1) is 5.02 Å². The van der Waals surface area contributed by atoms with Crippen LogP contribution in [0, 0.1) is 5.82 Å². The first-order chi connectivity index (χ1) is 12.0. The van der Waals surface area contributed by atoms with Crippen LogP contribution in [0.15, 0.2) is 42.5 Å². The van der Waals surface area contributed by atoms with E-state index in [-0.39, 0.29) is 11.7 Å². The first-order valence-corrected chi connectivity index (χ1v) is 9.59. The first-order valence-electron chi connectivity index (χ1n) is 7.68. The van der Waals surface area contributed by atoms with Gasteiger partial charge in [0.15, 0.2) is 6.10 Å². The second kappa shape index (κ2) is 9.90. The molecule has 25 heavy (non-hydrogen) atoms. The highest BCUT2D eigenvalue weighted by Gasteiger charge is 2.15. The van der Waals surface area contributed by atoms with Crippen molar-refractivity contribution < 1.29 is 13.9 Å². The molecular weight excluding hydrogens is 384 g/mol. The SMILES string of the molecule is CC(Oc1ccccc1Cl)C(=O)NCCSCc1c(F)cccc1Cl. The van der Waals surface area contributed by atoms with Gasteiger partial charge in [0.25, 0.3) is 5.91 Å². The van der Waals surface area contributed by atoms with Gasteiger partial charge in [-0.15, -0.1) is 0 Å². The van der Waals surface area contributed by atoms with Gasteiger partial charge in [-0.2, -0.15) is 11.8 Å². The number of rotatable bonds is 8. The van der Waals surface area contributed by atoms with Gasteiger partial charge in [-0.1, -0.05) is 41.4 Å². The molecule has 2 aromatic carbocycles. The Bertz CT molecular complexity index is 710. The predicted molar refractivity (Wildman–Crippen MR) is 102 cm³/mol. The van der Waals surface area contributed by atoms with Gasteiger partial charge in [-0.25, -0.2) is 4.39 Å². The Balaban J connectivity index is 1.71. The quantitative estimate of drug-likeness (QED) is 0.635. The minimum atomic E-state index is -0.661. The minimum absolute atomic E-state index is 0.232. The van der Waals surface area contributed by atoms with E-state index in [0.29, 0.717) is 39.4 Å². The van der Waals surface area contributed by atoms with Crippen molar-refractivity contribution in [2.45, 2.75) is 18.8 Å². The molecule has 0 aromatic heterocycles. The highest BCUT2D eigenvalue weighted by Crippen LogP contribution is 2.25. The number of amides is 1. The lowest BCUT2D eigenvalue weighted by Crippen LogP contribution is -2.37. The summed E-state index contributed by atoms with van der Waals surface area (Å²) >= 11 is 13.5. The molecule has 1 atom stereocenters. The number of hydrogen-bond acceptors (Lipinski definition) is 3. The molecule has 0 aliphatic carbocycles. The molecule has 0 heterocycles. The highest BCUT2D eigenvalue weighted by atomic mass is 35.5. The molecule has 1 amide bonds. The van der Waals surface area contributed by atoms with Gasteiger partial charge < -0.3 is 10.1 Å². The summed E-state index contributed by atoms with van der Waals surface area (Å²) in [5, 5.41) is 3.66. The van der Waals surface area contributed by atoms with Gasteiger partial charge >= 0.3 is 0 Å². The lowest BCUT2D eigenvalue weighted by atomic mass is 10.2. The standard InChI is InChI=1S/C18H18Cl2FNO2S/c1-12(24-17-8-3-2-5-15(17)20)18(23)22-9-10-25-11-13-14(19)6-4-7-16(13)21/h2-8,12H,9-11H2,1H3,(H,22,23). The summed E-state index contributed by atoms with van der Waals surface area (Å²) in [5.74, 6) is 1.01. The van der Waals surface area contributed by atoms with Crippen molar-refractivity contribution in [3.05, 3.63) is 63.9 Å². The van der Waals surface area contributed by atoms with Gasteiger partial charge in [0.2, 0.25) is 0 Å². The van der Waals surface area contributed by atoms with E-state index in [0.717, 1.165) is 0 Å². The Hall–Kier alpha value is -1.43. The fourth-order valence-electron chi connectivity index (χ4n) is 2.02. The van der Waals surface area contributed by atoms with E-state index in [4.69, 9.17) is 27.9 Å². The van der Waals surface area contributed by atoms with Crippen molar-refractivity contribution in [2.75, 3.05) is 12.3 Å². The highest BCUT2D eigenvalue weighted by molar-refractivity contribution is 7.98. The summed E-state index contributed by atoms with van der Waals surface area (Å²) in [6.45, 7) is 2.11. The number of thioether (sulfide) groups is 1. The van der Waals surface area contributed by atoms with E-state index < -0.39 is 6.10 Å². The van der Waals surface area contributed by atoms with Crippen LogP contribution >= 0.6 is 35.0 Å². The lowest BCUT2D eigenvalue weighted by Gasteiger charge is -2.15. The van der Waals surface area contributed by atoms with Crippen LogP contribution in [0.5, 0.6) is 5.75 Å². The molecule has 1 unspecified atom stereocenters. The van der Waals surface area contributed by atoms with Crippen LogP contribution in [-0.4, -0.2) is 24.3 Å². The molecule has 0 saturated heterocycles. The molecule has 1 N–H and O–H groups in total. The zero-order valence-electron chi connectivity index (χ0n) is 13.6. The van der Waals surface area contributed by atoms with Gasteiger partial charge in [0.1, 0.15) is 11.6 Å². The minimum Gasteiger partial charge on any atom is -0.479 e. The predicted octanol–water partition coefficient (Wildman–Crippen LogP) is 4.95. The summed E-state index contributed by atoms with van der Waals surface area (Å²) in [5.41, 5.74) is 0.482. The fourth-order valence-corrected chi connectivity index (χ4v) is 3.40. The van der Waals surface area contributed by atoms with E-state index >= 15 is 0 Å². The number of halogens is 3. The molecule has 3 nitrogen and oxygen atoms in total. The third-order valence-corrected chi connectivity index (χ3v) is 5.02. The van der Waals surface area contributed by atoms with Crippen LogP contribution in [0.1, 0.15) is 12.5 Å². The summed E-state index contributed by atoms with van der Waals surface area (Å²) in [6, 6.07) is 11.6. The van der Waals surface area contributed by atoms with Crippen LogP contribution in [0.2, 0.25) is 10.0 Å². The Morgan fingerprint density at radius 2 is 1.92 bits per heavy atom. The van der Waals surface area contributed by atoms with Crippen LogP contribution in [-0.2, 0) is 10.5 Å². The first kappa shape index (κ1) is 19.9. The van der Waals surface area contributed by atoms with Crippen molar-refractivity contribution >= 4 is 40.9 Å². The molecule has 2 aromatic rings. The maximum Gasteiger partial charge on any atom is 0.260 e. The normalized spacial score (nSPS) is 11.8. The number of carbonyl (C=O) groups excluding carboxylic acids is 1. The maximum absolute atomic E-state index is 13.6. The Labute approximate surface area is 160 Å². The fraction of sp³-hybridized carbons (Fsp3) is 0.278. The summed E-state index contributed by atoms with van der Waals surface area (Å²) in [4.78, 5) is 12.0. The van der Waals surface area contributed by atoms with E-state index in [1.165, 1.54) is 17.8 Å². The number of ether oxygens (including phenoxy) is 1. The third-order valence-electron chi connectivity index (χ3n) is 3.36. The molecular formula is C18H18Cl2FNO2S. The average molecular weight is 402 g/mol. The van der Waals surface area contributed by atoms with Crippen molar-refractivity contribution in [2.24, 2.45) is 0 Å². The average Bonchev–Trinajstić information content (AvgIpc) is 2.58. The molecule has 0 radical (unpaired) electrons. The van der Waals surface area contributed by atoms with Crippen LogP contribution in [0.25, 0.3) is 0 Å². The Kier molecular flexibility index (Phi) is 7.88. The van der Waals surface area contributed by atoms with Crippen molar-refractivity contribution in [3.8, 4) is 5.75 Å². The molecule has 2 rings (SSSR count). The number of hydrogen-bond donors (Lipinski definition) is 1. The Morgan fingerprint density at radius 3 is 2.64 bits per heavy atom. The van der Waals surface area contributed by atoms with Crippen molar-refractivity contribution in [1.82, 2.24) is 5.32 Å². The van der Waals surface area contributed by atoms with Gasteiger partial charge in [-0.3, -0.25) is 4.79 Å². The molecule has 134 valence electrons. The second-order valence-electron chi connectivity index (χ2n) is 5.23. The van der Waals surface area contributed by atoms with E-state index in [2.05, 4.69) is 5.32 Å². The molecule has 0 bridgehead atoms. The van der Waals surface area contributed by atoms with Crippen LogP contribution < -0.4 is 10.1 Å².